The van der Waals surface area contributed by atoms with Crippen LogP contribution in [0.25, 0.3) is 0 Å². The molecule has 0 aromatic heterocycles. The number of halogens is 1. The highest BCUT2D eigenvalue weighted by Gasteiger charge is 2.25. The number of nitrogens with two attached hydrogens (primary N) is 1. The zero-order chi connectivity index (χ0) is 15.4. The number of ether oxygens (including phenoxy) is 2. The molecule has 1 fully saturated rings. The Hall–Kier alpha value is -0.970. The van der Waals surface area contributed by atoms with E-state index in [0.29, 0.717) is 29.0 Å². The van der Waals surface area contributed by atoms with Crippen LogP contribution < -0.4 is 15.2 Å². The van der Waals surface area contributed by atoms with Crippen LogP contribution in [0.1, 0.15) is 31.4 Å². The maximum atomic E-state index is 6.32. The minimum absolute atomic E-state index is 0.171. The molecule has 0 spiro atoms. The number of hydrogen-bond donors (Lipinski definition) is 1. The number of hydrogen-bond acceptors (Lipinski definition) is 4. The third-order valence-corrected chi connectivity index (χ3v) is 4.47. The van der Waals surface area contributed by atoms with Crippen molar-refractivity contribution in [1.82, 2.24) is 4.90 Å². The summed E-state index contributed by atoms with van der Waals surface area (Å²) >= 11 is 6.32. The summed E-state index contributed by atoms with van der Waals surface area (Å²) in [6, 6.07) is 4.10. The van der Waals surface area contributed by atoms with Gasteiger partial charge in [-0.3, -0.25) is 4.90 Å². The van der Waals surface area contributed by atoms with Crippen molar-refractivity contribution in [3.63, 3.8) is 0 Å². The number of methoxy groups -OCH3 is 2. The predicted octanol–water partition coefficient (Wildman–Crippen LogP) is 3.09. The summed E-state index contributed by atoms with van der Waals surface area (Å²) in [5, 5.41) is 0.565. The summed E-state index contributed by atoms with van der Waals surface area (Å²) < 4.78 is 10.7. The standard InChI is InChI=1S/C16H25ClN2O2/c1-11-5-4-6-19(10-11)14(9-18)12-7-13(17)16(21-3)15(8-12)20-2/h7-8,11,14H,4-6,9-10,18H2,1-3H3. The SMILES string of the molecule is COc1cc(C(CN)N2CCCC(C)C2)cc(Cl)c1OC. The second-order valence-corrected chi connectivity index (χ2v) is 6.14. The first-order valence-electron chi connectivity index (χ1n) is 7.46. The van der Waals surface area contributed by atoms with Crippen LogP contribution in [0.2, 0.25) is 5.02 Å². The van der Waals surface area contributed by atoms with Gasteiger partial charge >= 0.3 is 0 Å². The summed E-state index contributed by atoms with van der Waals surface area (Å²) in [5.41, 5.74) is 7.13. The maximum Gasteiger partial charge on any atom is 0.179 e. The molecule has 4 nitrogen and oxygen atoms in total. The van der Waals surface area contributed by atoms with Gasteiger partial charge in [-0.1, -0.05) is 18.5 Å². The van der Waals surface area contributed by atoms with E-state index in [4.69, 9.17) is 26.8 Å². The highest BCUT2D eigenvalue weighted by molar-refractivity contribution is 6.32. The molecule has 2 atom stereocenters. The Morgan fingerprint density at radius 1 is 1.38 bits per heavy atom. The molecule has 2 unspecified atom stereocenters. The lowest BCUT2D eigenvalue weighted by molar-refractivity contribution is 0.133. The zero-order valence-electron chi connectivity index (χ0n) is 13.1. The Morgan fingerprint density at radius 2 is 2.14 bits per heavy atom. The molecule has 2 N–H and O–H groups in total. The number of piperidine rings is 1. The van der Waals surface area contributed by atoms with Gasteiger partial charge in [-0.15, -0.1) is 0 Å². The topological polar surface area (TPSA) is 47.7 Å². The van der Waals surface area contributed by atoms with Crippen molar-refractivity contribution in [2.75, 3.05) is 33.9 Å². The van der Waals surface area contributed by atoms with Crippen molar-refractivity contribution in [2.24, 2.45) is 11.7 Å². The molecule has 1 aliphatic heterocycles. The van der Waals surface area contributed by atoms with E-state index in [9.17, 15) is 0 Å². The molecule has 1 heterocycles. The van der Waals surface area contributed by atoms with E-state index >= 15 is 0 Å². The molecule has 0 bridgehead atoms. The van der Waals surface area contributed by atoms with Gasteiger partial charge in [0.05, 0.1) is 19.2 Å². The highest BCUT2D eigenvalue weighted by atomic mass is 35.5. The Kier molecular flexibility index (Phi) is 5.73. The molecule has 0 amide bonds. The minimum atomic E-state index is 0.171. The molecule has 0 saturated carbocycles. The molecular formula is C16H25ClN2O2. The van der Waals surface area contributed by atoms with Gasteiger partial charge in [0.15, 0.2) is 11.5 Å². The molecule has 5 heteroatoms. The Labute approximate surface area is 132 Å². The largest absolute Gasteiger partial charge is 0.493 e. The van der Waals surface area contributed by atoms with E-state index in [0.717, 1.165) is 18.7 Å². The van der Waals surface area contributed by atoms with Crippen LogP contribution in [0.4, 0.5) is 0 Å². The van der Waals surface area contributed by atoms with Gasteiger partial charge in [0.1, 0.15) is 0 Å². The van der Waals surface area contributed by atoms with E-state index < -0.39 is 0 Å². The molecule has 0 aliphatic carbocycles. The molecule has 1 aliphatic rings. The van der Waals surface area contributed by atoms with Gasteiger partial charge in [0.2, 0.25) is 0 Å². The molecule has 118 valence electrons. The third kappa shape index (κ3) is 3.62. The van der Waals surface area contributed by atoms with Crippen LogP contribution in [-0.2, 0) is 0 Å². The molecule has 2 rings (SSSR count). The summed E-state index contributed by atoms with van der Waals surface area (Å²) in [6.45, 7) is 5.02. The fourth-order valence-corrected chi connectivity index (χ4v) is 3.43. The maximum absolute atomic E-state index is 6.32. The van der Waals surface area contributed by atoms with Crippen LogP contribution in [-0.4, -0.2) is 38.8 Å². The van der Waals surface area contributed by atoms with Gasteiger partial charge in [0, 0.05) is 19.1 Å². The van der Waals surface area contributed by atoms with Crippen molar-refractivity contribution >= 4 is 11.6 Å². The fourth-order valence-electron chi connectivity index (χ4n) is 3.14. The second-order valence-electron chi connectivity index (χ2n) is 5.73. The smallest absolute Gasteiger partial charge is 0.179 e. The number of rotatable bonds is 5. The van der Waals surface area contributed by atoms with Gasteiger partial charge in [-0.05, 0) is 43.0 Å². The van der Waals surface area contributed by atoms with Gasteiger partial charge in [0.25, 0.3) is 0 Å². The minimum Gasteiger partial charge on any atom is -0.493 e. The monoisotopic (exact) mass is 312 g/mol. The van der Waals surface area contributed by atoms with E-state index in [2.05, 4.69) is 11.8 Å². The number of likely N-dealkylation sites (tertiary alicyclic amines) is 1. The van der Waals surface area contributed by atoms with Gasteiger partial charge < -0.3 is 15.2 Å². The normalized spacial score (nSPS) is 21.1. The van der Waals surface area contributed by atoms with Crippen LogP contribution in [0.3, 0.4) is 0 Å². The van der Waals surface area contributed by atoms with Crippen LogP contribution in [0.15, 0.2) is 12.1 Å². The molecule has 1 saturated heterocycles. The van der Waals surface area contributed by atoms with Crippen molar-refractivity contribution in [3.8, 4) is 11.5 Å². The molecule has 1 aromatic carbocycles. The highest BCUT2D eigenvalue weighted by Crippen LogP contribution is 2.39. The Morgan fingerprint density at radius 3 is 2.71 bits per heavy atom. The number of nitrogens with zero attached hydrogens (tertiary/aromatic N) is 1. The molecule has 0 radical (unpaired) electrons. The summed E-state index contributed by atoms with van der Waals surface area (Å²) in [7, 11) is 3.22. The average molecular weight is 313 g/mol. The lowest BCUT2D eigenvalue weighted by Crippen LogP contribution is -2.40. The Balaban J connectivity index is 2.31. The van der Waals surface area contributed by atoms with E-state index in [1.165, 1.54) is 12.8 Å². The van der Waals surface area contributed by atoms with Crippen molar-refractivity contribution in [1.29, 1.82) is 0 Å². The first kappa shape index (κ1) is 16.4. The zero-order valence-corrected chi connectivity index (χ0v) is 13.8. The predicted molar refractivity (Wildman–Crippen MR) is 86.3 cm³/mol. The van der Waals surface area contributed by atoms with Gasteiger partial charge in [-0.25, -0.2) is 0 Å². The summed E-state index contributed by atoms with van der Waals surface area (Å²) in [6.07, 6.45) is 2.51. The fraction of sp³-hybridized carbons (Fsp3) is 0.625. The van der Waals surface area contributed by atoms with Crippen molar-refractivity contribution in [3.05, 3.63) is 22.7 Å². The molecule has 21 heavy (non-hydrogen) atoms. The first-order chi connectivity index (χ1) is 10.1. The van der Waals surface area contributed by atoms with E-state index in [-0.39, 0.29) is 6.04 Å². The van der Waals surface area contributed by atoms with E-state index in [1.54, 1.807) is 14.2 Å². The van der Waals surface area contributed by atoms with Gasteiger partial charge in [-0.2, -0.15) is 0 Å². The Bertz CT molecular complexity index is 482. The summed E-state index contributed by atoms with van der Waals surface area (Å²) in [4.78, 5) is 2.45. The first-order valence-corrected chi connectivity index (χ1v) is 7.84. The van der Waals surface area contributed by atoms with Crippen LogP contribution >= 0.6 is 11.6 Å². The van der Waals surface area contributed by atoms with Crippen LogP contribution in [0.5, 0.6) is 11.5 Å². The molecule has 1 aromatic rings. The quantitative estimate of drug-likeness (QED) is 0.907. The van der Waals surface area contributed by atoms with Crippen LogP contribution in [0, 0.1) is 5.92 Å². The lowest BCUT2D eigenvalue weighted by Gasteiger charge is -2.37. The number of benzene rings is 1. The third-order valence-electron chi connectivity index (χ3n) is 4.19. The van der Waals surface area contributed by atoms with Crippen molar-refractivity contribution in [2.45, 2.75) is 25.8 Å². The summed E-state index contributed by atoms with van der Waals surface area (Å²) in [5.74, 6) is 1.94. The second kappa shape index (κ2) is 7.34. The van der Waals surface area contributed by atoms with E-state index in [1.807, 2.05) is 12.1 Å². The lowest BCUT2D eigenvalue weighted by atomic mass is 9.96. The molecular weight excluding hydrogens is 288 g/mol. The van der Waals surface area contributed by atoms with Crippen molar-refractivity contribution < 1.29 is 9.47 Å². The average Bonchev–Trinajstić information content (AvgIpc) is 2.47.